The molecule has 0 heterocycles. The molecule has 2 atom stereocenters. The molecule has 136 valence electrons. The highest BCUT2D eigenvalue weighted by Gasteiger charge is 2.25. The van der Waals surface area contributed by atoms with E-state index in [9.17, 15) is 0 Å². The molecular formula is C22H48. The van der Waals surface area contributed by atoms with Crippen LogP contribution in [0, 0.1) is 33.5 Å². The molecule has 1 unspecified atom stereocenters. The molecule has 0 heteroatoms. The van der Waals surface area contributed by atoms with Gasteiger partial charge in [0, 0.05) is 0 Å². The highest BCUT2D eigenvalue weighted by atomic mass is 14.3. The molecule has 0 nitrogen and oxygen atoms in total. The first-order valence-corrected chi connectivity index (χ1v) is 9.26. The highest BCUT2D eigenvalue weighted by molar-refractivity contribution is 4.76. The third-order valence-corrected chi connectivity index (χ3v) is 4.79. The summed E-state index contributed by atoms with van der Waals surface area (Å²) in [4.78, 5) is 0. The van der Waals surface area contributed by atoms with Crippen molar-refractivity contribution in [1.29, 1.82) is 0 Å². The lowest BCUT2D eigenvalue weighted by Crippen LogP contribution is -2.22. The summed E-state index contributed by atoms with van der Waals surface area (Å²) in [5.74, 6) is 1.62. The predicted molar refractivity (Wildman–Crippen MR) is 105 cm³/mol. The van der Waals surface area contributed by atoms with E-state index in [0.717, 1.165) is 11.8 Å². The minimum absolute atomic E-state index is 0.466. The van der Waals surface area contributed by atoms with Crippen molar-refractivity contribution < 1.29 is 0 Å². The summed E-state index contributed by atoms with van der Waals surface area (Å²) >= 11 is 0. The Morgan fingerprint density at radius 1 is 0.455 bits per heavy atom. The van der Waals surface area contributed by atoms with Crippen molar-refractivity contribution in [3.8, 4) is 0 Å². The van der Waals surface area contributed by atoms with Gasteiger partial charge in [-0.2, -0.15) is 0 Å². The molecule has 0 spiro atoms. The third-order valence-electron chi connectivity index (χ3n) is 4.79. The lowest BCUT2D eigenvalue weighted by molar-refractivity contribution is 0.182. The van der Waals surface area contributed by atoms with Gasteiger partial charge in [0.1, 0.15) is 0 Å². The second-order valence-corrected chi connectivity index (χ2v) is 12.1. The van der Waals surface area contributed by atoms with Gasteiger partial charge in [-0.05, 0) is 46.3 Å². The summed E-state index contributed by atoms with van der Waals surface area (Å²) < 4.78 is 0. The fourth-order valence-corrected chi connectivity index (χ4v) is 2.45. The van der Waals surface area contributed by atoms with Crippen LogP contribution in [0.2, 0.25) is 0 Å². The average molecular weight is 313 g/mol. The van der Waals surface area contributed by atoms with Crippen molar-refractivity contribution >= 4 is 0 Å². The summed E-state index contributed by atoms with van der Waals surface area (Å²) in [6.45, 7) is 32.5. The standard InChI is InChI=1S/2C11H24/c2*1-9(11(5,6)7)8-10(2,3)4/h2*9H,8H2,1-7H3/t9-;/m1./s1. The first kappa shape index (κ1) is 24.3. The Balaban J connectivity index is 0. The Bertz CT molecular complexity index is 250. The SMILES string of the molecule is CC(CC(C)(C)C)C(C)(C)C.C[C@H](CC(C)(C)C)C(C)(C)C. The lowest BCUT2D eigenvalue weighted by atomic mass is 9.73. The van der Waals surface area contributed by atoms with E-state index in [1.54, 1.807) is 0 Å². The molecule has 0 fully saturated rings. The normalized spacial score (nSPS) is 16.6. The zero-order valence-electron chi connectivity index (χ0n) is 18.6. The van der Waals surface area contributed by atoms with E-state index in [-0.39, 0.29) is 0 Å². The topological polar surface area (TPSA) is 0 Å². The molecule has 0 aliphatic rings. The monoisotopic (exact) mass is 312 g/mol. The van der Waals surface area contributed by atoms with Crippen molar-refractivity contribution in [2.45, 2.75) is 110 Å². The Hall–Kier alpha value is 0. The number of rotatable bonds is 2. The second-order valence-electron chi connectivity index (χ2n) is 12.1. The van der Waals surface area contributed by atoms with E-state index in [4.69, 9.17) is 0 Å². The van der Waals surface area contributed by atoms with E-state index < -0.39 is 0 Å². The van der Waals surface area contributed by atoms with E-state index in [1.807, 2.05) is 0 Å². The highest BCUT2D eigenvalue weighted by Crippen LogP contribution is 2.36. The summed E-state index contributed by atoms with van der Waals surface area (Å²) in [5.41, 5.74) is 1.89. The van der Waals surface area contributed by atoms with Crippen LogP contribution in [0.25, 0.3) is 0 Å². The van der Waals surface area contributed by atoms with Crippen LogP contribution in [0.5, 0.6) is 0 Å². The first-order valence-electron chi connectivity index (χ1n) is 9.26. The van der Waals surface area contributed by atoms with Crippen LogP contribution in [0.15, 0.2) is 0 Å². The minimum Gasteiger partial charge on any atom is -0.0620 e. The largest absolute Gasteiger partial charge is 0.0620 e. The number of hydrogen-bond acceptors (Lipinski definition) is 0. The molecule has 0 aromatic carbocycles. The van der Waals surface area contributed by atoms with Gasteiger partial charge in [0.15, 0.2) is 0 Å². The molecule has 0 bridgehead atoms. The van der Waals surface area contributed by atoms with Crippen LogP contribution in [0.3, 0.4) is 0 Å². The van der Waals surface area contributed by atoms with Gasteiger partial charge in [-0.3, -0.25) is 0 Å². The first-order chi connectivity index (χ1) is 9.26. The van der Waals surface area contributed by atoms with E-state index in [0.29, 0.717) is 21.7 Å². The molecule has 0 saturated carbocycles. The van der Waals surface area contributed by atoms with E-state index in [2.05, 4.69) is 96.9 Å². The molecule has 0 amide bonds. The van der Waals surface area contributed by atoms with E-state index >= 15 is 0 Å². The Morgan fingerprint density at radius 3 is 0.682 bits per heavy atom. The van der Waals surface area contributed by atoms with Gasteiger partial charge in [-0.25, -0.2) is 0 Å². The second kappa shape index (κ2) is 8.20. The summed E-state index contributed by atoms with van der Waals surface area (Å²) in [7, 11) is 0. The fourth-order valence-electron chi connectivity index (χ4n) is 2.45. The third kappa shape index (κ3) is 14.9. The molecule has 22 heavy (non-hydrogen) atoms. The molecule has 0 aliphatic carbocycles. The molecule has 0 aromatic heterocycles. The maximum atomic E-state index is 2.35. The van der Waals surface area contributed by atoms with Gasteiger partial charge >= 0.3 is 0 Å². The Labute approximate surface area is 143 Å². The van der Waals surface area contributed by atoms with Crippen molar-refractivity contribution in [3.63, 3.8) is 0 Å². The van der Waals surface area contributed by atoms with Crippen LogP contribution in [-0.2, 0) is 0 Å². The van der Waals surface area contributed by atoms with Crippen molar-refractivity contribution in [2.24, 2.45) is 33.5 Å². The molecule has 0 radical (unpaired) electrons. The lowest BCUT2D eigenvalue weighted by Gasteiger charge is -2.32. The van der Waals surface area contributed by atoms with Crippen molar-refractivity contribution in [3.05, 3.63) is 0 Å². The Kier molecular flexibility index (Phi) is 9.04. The van der Waals surface area contributed by atoms with Crippen molar-refractivity contribution in [2.75, 3.05) is 0 Å². The van der Waals surface area contributed by atoms with Gasteiger partial charge in [0.25, 0.3) is 0 Å². The van der Waals surface area contributed by atoms with Crippen LogP contribution in [0.1, 0.15) is 110 Å². The zero-order chi connectivity index (χ0) is 18.6. The smallest absolute Gasteiger partial charge is 0.0357 e. The van der Waals surface area contributed by atoms with Crippen LogP contribution >= 0.6 is 0 Å². The maximum Gasteiger partial charge on any atom is -0.0357 e. The number of hydrogen-bond donors (Lipinski definition) is 0. The van der Waals surface area contributed by atoms with Gasteiger partial charge in [0.05, 0.1) is 0 Å². The zero-order valence-corrected chi connectivity index (χ0v) is 18.6. The summed E-state index contributed by atoms with van der Waals surface area (Å²) in [5, 5.41) is 0. The van der Waals surface area contributed by atoms with Crippen LogP contribution in [0.4, 0.5) is 0 Å². The minimum atomic E-state index is 0.466. The molecule has 0 saturated heterocycles. The maximum absolute atomic E-state index is 2.35. The summed E-state index contributed by atoms with van der Waals surface area (Å²) in [6.07, 6.45) is 2.63. The van der Waals surface area contributed by atoms with Gasteiger partial charge < -0.3 is 0 Å². The summed E-state index contributed by atoms with van der Waals surface area (Å²) in [6, 6.07) is 0. The molecule has 0 rings (SSSR count). The van der Waals surface area contributed by atoms with E-state index in [1.165, 1.54) is 12.8 Å². The molecule has 0 aromatic rings. The van der Waals surface area contributed by atoms with Gasteiger partial charge in [-0.15, -0.1) is 0 Å². The molecule has 0 aliphatic heterocycles. The predicted octanol–water partition coefficient (Wildman–Crippen LogP) is 8.21. The average Bonchev–Trinajstić information content (AvgIpc) is 2.09. The van der Waals surface area contributed by atoms with Gasteiger partial charge in [-0.1, -0.05) is 96.9 Å². The van der Waals surface area contributed by atoms with Crippen LogP contribution < -0.4 is 0 Å². The molecular weight excluding hydrogens is 264 g/mol. The van der Waals surface area contributed by atoms with Crippen molar-refractivity contribution in [1.82, 2.24) is 0 Å². The molecule has 0 N–H and O–H groups in total. The quantitative estimate of drug-likeness (QED) is 0.482. The fraction of sp³-hybridized carbons (Fsp3) is 1.00. The van der Waals surface area contributed by atoms with Crippen LogP contribution in [-0.4, -0.2) is 0 Å². The van der Waals surface area contributed by atoms with Gasteiger partial charge in [0.2, 0.25) is 0 Å². The Morgan fingerprint density at radius 2 is 0.636 bits per heavy atom.